The minimum atomic E-state index is -0.290. The van der Waals surface area contributed by atoms with Crippen molar-refractivity contribution >= 4 is 17.6 Å². The Labute approximate surface area is 161 Å². The highest BCUT2D eigenvalue weighted by Crippen LogP contribution is 2.31. The summed E-state index contributed by atoms with van der Waals surface area (Å²) in [6.07, 6.45) is 0.101. The first-order chi connectivity index (χ1) is 12.2. The molecule has 5 nitrogen and oxygen atoms in total. The molecule has 1 heterocycles. The third-order valence-corrected chi connectivity index (χ3v) is 4.56. The highest BCUT2D eigenvalue weighted by Gasteiger charge is 2.29. The predicted octanol–water partition coefficient (Wildman–Crippen LogP) is 3.20. The third-order valence-electron chi connectivity index (χ3n) is 4.23. The summed E-state index contributed by atoms with van der Waals surface area (Å²) in [5, 5.41) is 7.08. The number of nitrogens with zero attached hydrogens (tertiary/aromatic N) is 2. The standard InChI is InChI=1S/C19H30ClFN4O/c1-13-12-25(9-10-26-13)16(17-14(20)7-6-8-15(17)21)11-23-18(22-5)24-19(2,3)4/h6-8,13,16H,9-12H2,1-5H3,(H2,22,23,24). The van der Waals surface area contributed by atoms with Crippen molar-refractivity contribution in [3.63, 3.8) is 0 Å². The summed E-state index contributed by atoms with van der Waals surface area (Å²) < 4.78 is 20.3. The largest absolute Gasteiger partial charge is 0.376 e. The Balaban J connectivity index is 2.23. The van der Waals surface area contributed by atoms with E-state index in [1.165, 1.54) is 6.07 Å². The first kappa shape index (κ1) is 20.9. The van der Waals surface area contributed by atoms with Crippen molar-refractivity contribution in [1.82, 2.24) is 15.5 Å². The van der Waals surface area contributed by atoms with Gasteiger partial charge in [-0.2, -0.15) is 0 Å². The highest BCUT2D eigenvalue weighted by molar-refractivity contribution is 6.31. The molecular formula is C19H30ClFN4O. The molecule has 146 valence electrons. The van der Waals surface area contributed by atoms with E-state index in [-0.39, 0.29) is 23.5 Å². The van der Waals surface area contributed by atoms with Crippen LogP contribution in [-0.4, -0.2) is 55.8 Å². The lowest BCUT2D eigenvalue weighted by molar-refractivity contribution is -0.0343. The molecule has 1 aromatic carbocycles. The molecule has 0 saturated carbocycles. The van der Waals surface area contributed by atoms with E-state index in [0.717, 1.165) is 13.1 Å². The average molecular weight is 385 g/mol. The monoisotopic (exact) mass is 384 g/mol. The van der Waals surface area contributed by atoms with Gasteiger partial charge in [-0.25, -0.2) is 4.39 Å². The molecule has 1 aliphatic heterocycles. The van der Waals surface area contributed by atoms with Gasteiger partial charge < -0.3 is 15.4 Å². The second kappa shape index (κ2) is 9.02. The number of morpholine rings is 1. The van der Waals surface area contributed by atoms with Crippen LogP contribution in [0.3, 0.4) is 0 Å². The van der Waals surface area contributed by atoms with Gasteiger partial charge >= 0.3 is 0 Å². The summed E-state index contributed by atoms with van der Waals surface area (Å²) in [7, 11) is 1.73. The van der Waals surface area contributed by atoms with Gasteiger partial charge in [0.05, 0.1) is 18.8 Å². The van der Waals surface area contributed by atoms with Gasteiger partial charge in [0.1, 0.15) is 5.82 Å². The van der Waals surface area contributed by atoms with Gasteiger partial charge in [0.15, 0.2) is 5.96 Å². The lowest BCUT2D eigenvalue weighted by atomic mass is 10.0. The van der Waals surface area contributed by atoms with Gasteiger partial charge in [0.2, 0.25) is 0 Å². The van der Waals surface area contributed by atoms with Crippen molar-refractivity contribution in [2.45, 2.75) is 45.4 Å². The third kappa shape index (κ3) is 5.83. The number of nitrogens with one attached hydrogen (secondary N) is 2. The van der Waals surface area contributed by atoms with Crippen LogP contribution in [0.4, 0.5) is 4.39 Å². The minimum absolute atomic E-state index is 0.101. The molecule has 0 bridgehead atoms. The number of halogens is 2. The van der Waals surface area contributed by atoms with Crippen molar-refractivity contribution in [2.24, 2.45) is 4.99 Å². The van der Waals surface area contributed by atoms with Gasteiger partial charge in [-0.05, 0) is 39.8 Å². The molecule has 1 fully saturated rings. The Morgan fingerprint density at radius 1 is 1.46 bits per heavy atom. The zero-order valence-corrected chi connectivity index (χ0v) is 17.0. The second-order valence-corrected chi connectivity index (χ2v) is 8.06. The molecule has 2 rings (SSSR count). The van der Waals surface area contributed by atoms with E-state index in [9.17, 15) is 4.39 Å². The molecular weight excluding hydrogens is 355 g/mol. The van der Waals surface area contributed by atoms with E-state index in [1.807, 2.05) is 6.92 Å². The molecule has 1 aliphatic rings. The van der Waals surface area contributed by atoms with Gasteiger partial charge in [0, 0.05) is 42.8 Å². The Morgan fingerprint density at radius 2 is 2.19 bits per heavy atom. The van der Waals surface area contributed by atoms with E-state index < -0.39 is 0 Å². The average Bonchev–Trinajstić information content (AvgIpc) is 2.55. The van der Waals surface area contributed by atoms with Crippen LogP contribution in [0.25, 0.3) is 0 Å². The van der Waals surface area contributed by atoms with Crippen LogP contribution in [-0.2, 0) is 4.74 Å². The molecule has 1 saturated heterocycles. The first-order valence-corrected chi connectivity index (χ1v) is 9.37. The molecule has 0 radical (unpaired) electrons. The van der Waals surface area contributed by atoms with E-state index in [2.05, 4.69) is 41.3 Å². The highest BCUT2D eigenvalue weighted by atomic mass is 35.5. The first-order valence-electron chi connectivity index (χ1n) is 8.99. The zero-order chi connectivity index (χ0) is 19.3. The molecule has 0 aromatic heterocycles. The summed E-state index contributed by atoms with van der Waals surface area (Å²) in [6, 6.07) is 4.61. The Morgan fingerprint density at radius 3 is 2.77 bits per heavy atom. The van der Waals surface area contributed by atoms with Crippen LogP contribution in [0.1, 0.15) is 39.3 Å². The molecule has 0 amide bonds. The van der Waals surface area contributed by atoms with Crippen LogP contribution in [0.15, 0.2) is 23.2 Å². The van der Waals surface area contributed by atoms with Crippen molar-refractivity contribution in [2.75, 3.05) is 33.3 Å². The molecule has 2 unspecified atom stereocenters. The van der Waals surface area contributed by atoms with Crippen LogP contribution < -0.4 is 10.6 Å². The van der Waals surface area contributed by atoms with Gasteiger partial charge in [0.25, 0.3) is 0 Å². The summed E-state index contributed by atoms with van der Waals surface area (Å²) in [5.41, 5.74) is 0.391. The number of hydrogen-bond donors (Lipinski definition) is 2. The lowest BCUT2D eigenvalue weighted by Gasteiger charge is -2.38. The maximum atomic E-state index is 14.6. The van der Waals surface area contributed by atoms with E-state index in [1.54, 1.807) is 19.2 Å². The molecule has 7 heteroatoms. The summed E-state index contributed by atoms with van der Waals surface area (Å²) >= 11 is 6.36. The molecule has 1 aromatic rings. The summed E-state index contributed by atoms with van der Waals surface area (Å²) in [5.74, 6) is 0.387. The number of aliphatic imine (C=N–C) groups is 1. The molecule has 0 spiro atoms. The quantitative estimate of drug-likeness (QED) is 0.618. The van der Waals surface area contributed by atoms with Crippen molar-refractivity contribution < 1.29 is 9.13 Å². The number of hydrogen-bond acceptors (Lipinski definition) is 3. The van der Waals surface area contributed by atoms with E-state index in [0.29, 0.717) is 29.7 Å². The Kier molecular flexibility index (Phi) is 7.26. The van der Waals surface area contributed by atoms with E-state index in [4.69, 9.17) is 16.3 Å². The maximum absolute atomic E-state index is 14.6. The molecule has 2 N–H and O–H groups in total. The smallest absolute Gasteiger partial charge is 0.191 e. The maximum Gasteiger partial charge on any atom is 0.191 e. The van der Waals surface area contributed by atoms with Crippen LogP contribution in [0, 0.1) is 5.82 Å². The topological polar surface area (TPSA) is 48.9 Å². The minimum Gasteiger partial charge on any atom is -0.376 e. The van der Waals surface area contributed by atoms with Gasteiger partial charge in [-0.3, -0.25) is 9.89 Å². The molecule has 2 atom stereocenters. The molecule has 0 aliphatic carbocycles. The Hall–Kier alpha value is -1.37. The fraction of sp³-hybridized carbons (Fsp3) is 0.632. The van der Waals surface area contributed by atoms with Crippen molar-refractivity contribution in [3.8, 4) is 0 Å². The molecule has 26 heavy (non-hydrogen) atoms. The van der Waals surface area contributed by atoms with Crippen LogP contribution >= 0.6 is 11.6 Å². The lowest BCUT2D eigenvalue weighted by Crippen LogP contribution is -2.51. The number of benzene rings is 1. The normalized spacial score (nSPS) is 20.7. The summed E-state index contributed by atoms with van der Waals surface area (Å²) in [6.45, 7) is 10.8. The Bertz CT molecular complexity index is 612. The number of guanidine groups is 1. The predicted molar refractivity (Wildman–Crippen MR) is 105 cm³/mol. The number of ether oxygens (including phenoxy) is 1. The number of rotatable bonds is 4. The van der Waals surface area contributed by atoms with Gasteiger partial charge in [-0.1, -0.05) is 17.7 Å². The van der Waals surface area contributed by atoms with Crippen molar-refractivity contribution in [1.29, 1.82) is 0 Å². The second-order valence-electron chi connectivity index (χ2n) is 7.66. The van der Waals surface area contributed by atoms with Crippen molar-refractivity contribution in [3.05, 3.63) is 34.6 Å². The zero-order valence-electron chi connectivity index (χ0n) is 16.3. The van der Waals surface area contributed by atoms with Gasteiger partial charge in [-0.15, -0.1) is 0 Å². The van der Waals surface area contributed by atoms with Crippen LogP contribution in [0.5, 0.6) is 0 Å². The SMILES string of the molecule is CN=C(NCC(c1c(F)cccc1Cl)N1CCOC(C)C1)NC(C)(C)C. The van der Waals surface area contributed by atoms with Crippen LogP contribution in [0.2, 0.25) is 5.02 Å². The summed E-state index contributed by atoms with van der Waals surface area (Å²) in [4.78, 5) is 6.49. The van der Waals surface area contributed by atoms with E-state index >= 15 is 0 Å². The fourth-order valence-corrected chi connectivity index (χ4v) is 3.39. The fourth-order valence-electron chi connectivity index (χ4n) is 3.10.